The first-order valence-electron chi connectivity index (χ1n) is 9.25. The van der Waals surface area contributed by atoms with Crippen molar-refractivity contribution in [3.63, 3.8) is 0 Å². The molecule has 4 heteroatoms. The Kier molecular flexibility index (Phi) is 6.45. The zero-order valence-corrected chi connectivity index (χ0v) is 15.6. The van der Waals surface area contributed by atoms with Crippen LogP contribution in [-0.4, -0.2) is 29.7 Å². The number of rotatable bonds is 5. The summed E-state index contributed by atoms with van der Waals surface area (Å²) in [7, 11) is 0. The second-order valence-electron chi connectivity index (χ2n) is 6.87. The number of carbonyl (C=O) groups excluding carboxylic acids is 2. The molecular formula is C22H24ClNO2. The molecule has 0 bridgehead atoms. The quantitative estimate of drug-likeness (QED) is 0.687. The number of Topliss-reactive ketones (excluding diaryl/α,β-unsaturated/α-hetero) is 1. The Morgan fingerprint density at radius 1 is 0.962 bits per heavy atom. The van der Waals surface area contributed by atoms with Crippen molar-refractivity contribution in [1.29, 1.82) is 0 Å². The highest BCUT2D eigenvalue weighted by atomic mass is 35.5. The van der Waals surface area contributed by atoms with Crippen LogP contribution in [0, 0.1) is 0 Å². The van der Waals surface area contributed by atoms with Gasteiger partial charge in [-0.3, -0.25) is 9.59 Å². The zero-order valence-electron chi connectivity index (χ0n) is 14.9. The Morgan fingerprint density at radius 2 is 1.69 bits per heavy atom. The van der Waals surface area contributed by atoms with Gasteiger partial charge in [-0.05, 0) is 42.7 Å². The van der Waals surface area contributed by atoms with E-state index in [4.69, 9.17) is 11.6 Å². The smallest absolute Gasteiger partial charge is 0.223 e. The Bertz CT molecular complexity index is 742. The summed E-state index contributed by atoms with van der Waals surface area (Å²) in [6.45, 7) is 1.54. The van der Waals surface area contributed by atoms with E-state index in [0.29, 0.717) is 16.5 Å². The van der Waals surface area contributed by atoms with E-state index < -0.39 is 0 Å². The Balaban J connectivity index is 1.57. The lowest BCUT2D eigenvalue weighted by atomic mass is 9.94. The first kappa shape index (κ1) is 18.7. The summed E-state index contributed by atoms with van der Waals surface area (Å²) in [5.41, 5.74) is 1.91. The highest BCUT2D eigenvalue weighted by Gasteiger charge is 2.23. The molecule has 0 aliphatic carbocycles. The molecule has 1 aliphatic heterocycles. The van der Waals surface area contributed by atoms with Crippen LogP contribution in [0.1, 0.15) is 53.9 Å². The van der Waals surface area contributed by atoms with Gasteiger partial charge in [0.15, 0.2) is 5.78 Å². The fraction of sp³-hybridized carbons (Fsp3) is 0.364. The zero-order chi connectivity index (χ0) is 18.4. The number of carbonyl (C=O) groups is 2. The standard InChI is InChI=1S/C22H24ClNO2/c23-20-11-9-18(10-12-20)21(25)13-14-22(26)24-15-5-4-8-19(16-24)17-6-2-1-3-7-17/h1-3,6-7,9-12,19H,4-5,8,13-16H2. The normalized spacial score (nSPS) is 17.6. The third kappa shape index (κ3) is 4.95. The first-order valence-corrected chi connectivity index (χ1v) is 9.63. The predicted octanol–water partition coefficient (Wildman–Crippen LogP) is 5.10. The summed E-state index contributed by atoms with van der Waals surface area (Å²) in [5, 5.41) is 0.606. The van der Waals surface area contributed by atoms with E-state index in [9.17, 15) is 9.59 Å². The highest BCUT2D eigenvalue weighted by Crippen LogP contribution is 2.26. The summed E-state index contributed by atoms with van der Waals surface area (Å²) >= 11 is 5.85. The molecule has 1 saturated heterocycles. The third-order valence-electron chi connectivity index (χ3n) is 5.03. The second kappa shape index (κ2) is 9.00. The average Bonchev–Trinajstić information content (AvgIpc) is 2.93. The van der Waals surface area contributed by atoms with Gasteiger partial charge in [0.25, 0.3) is 0 Å². The molecule has 136 valence electrons. The van der Waals surface area contributed by atoms with Crippen molar-refractivity contribution in [2.24, 2.45) is 0 Å². The molecule has 2 aromatic carbocycles. The van der Waals surface area contributed by atoms with Gasteiger partial charge < -0.3 is 4.90 Å². The van der Waals surface area contributed by atoms with E-state index in [2.05, 4.69) is 24.3 Å². The molecule has 1 heterocycles. The lowest BCUT2D eigenvalue weighted by molar-refractivity contribution is -0.131. The van der Waals surface area contributed by atoms with Gasteiger partial charge in [0.05, 0.1) is 0 Å². The topological polar surface area (TPSA) is 37.4 Å². The molecule has 0 saturated carbocycles. The monoisotopic (exact) mass is 369 g/mol. The SMILES string of the molecule is O=C(CCC(=O)N1CCCCC(c2ccccc2)C1)c1ccc(Cl)cc1. The minimum Gasteiger partial charge on any atom is -0.342 e. The van der Waals surface area contributed by atoms with E-state index in [-0.39, 0.29) is 24.5 Å². The summed E-state index contributed by atoms with van der Waals surface area (Å²) < 4.78 is 0. The van der Waals surface area contributed by atoms with Crippen molar-refractivity contribution in [3.05, 3.63) is 70.7 Å². The van der Waals surface area contributed by atoms with E-state index in [0.717, 1.165) is 32.4 Å². The molecule has 1 fully saturated rings. The molecule has 0 spiro atoms. The van der Waals surface area contributed by atoms with Gasteiger partial charge in [-0.1, -0.05) is 48.4 Å². The summed E-state index contributed by atoms with van der Waals surface area (Å²) in [5.74, 6) is 0.453. The number of benzene rings is 2. The molecule has 2 aromatic rings. The maximum Gasteiger partial charge on any atom is 0.223 e. The van der Waals surface area contributed by atoms with E-state index in [1.807, 2.05) is 11.0 Å². The number of amides is 1. The number of hydrogen-bond donors (Lipinski definition) is 0. The molecule has 0 radical (unpaired) electrons. The van der Waals surface area contributed by atoms with Gasteiger partial charge in [-0.15, -0.1) is 0 Å². The van der Waals surface area contributed by atoms with Crippen molar-refractivity contribution in [3.8, 4) is 0 Å². The molecule has 1 aliphatic rings. The summed E-state index contributed by atoms with van der Waals surface area (Å²) in [4.78, 5) is 26.9. The minimum atomic E-state index is -0.00977. The lowest BCUT2D eigenvalue weighted by Crippen LogP contribution is -2.34. The van der Waals surface area contributed by atoms with Crippen LogP contribution in [-0.2, 0) is 4.79 Å². The number of halogens is 1. The predicted molar refractivity (Wildman–Crippen MR) is 105 cm³/mol. The van der Waals surface area contributed by atoms with Crippen LogP contribution in [0.15, 0.2) is 54.6 Å². The summed E-state index contributed by atoms with van der Waals surface area (Å²) in [6, 6.07) is 17.2. The number of likely N-dealkylation sites (tertiary alicyclic amines) is 1. The molecule has 0 N–H and O–H groups in total. The van der Waals surface area contributed by atoms with Gasteiger partial charge >= 0.3 is 0 Å². The van der Waals surface area contributed by atoms with E-state index >= 15 is 0 Å². The van der Waals surface area contributed by atoms with Crippen LogP contribution in [0.5, 0.6) is 0 Å². The van der Waals surface area contributed by atoms with Crippen molar-refractivity contribution < 1.29 is 9.59 Å². The molecule has 3 nitrogen and oxygen atoms in total. The lowest BCUT2D eigenvalue weighted by Gasteiger charge is -2.25. The van der Waals surface area contributed by atoms with Crippen LogP contribution < -0.4 is 0 Å². The van der Waals surface area contributed by atoms with Gasteiger partial charge in [0.1, 0.15) is 0 Å². The number of ketones is 1. The molecule has 1 unspecified atom stereocenters. The molecule has 1 atom stereocenters. The van der Waals surface area contributed by atoms with Crippen LogP contribution in [0.3, 0.4) is 0 Å². The van der Waals surface area contributed by atoms with Crippen LogP contribution in [0.25, 0.3) is 0 Å². The highest BCUT2D eigenvalue weighted by molar-refractivity contribution is 6.30. The maximum atomic E-state index is 12.7. The Morgan fingerprint density at radius 3 is 2.42 bits per heavy atom. The number of hydrogen-bond acceptors (Lipinski definition) is 2. The molecule has 0 aromatic heterocycles. The maximum absolute atomic E-state index is 12.7. The van der Waals surface area contributed by atoms with Gasteiger partial charge in [-0.25, -0.2) is 0 Å². The summed E-state index contributed by atoms with van der Waals surface area (Å²) in [6.07, 6.45) is 3.78. The fourth-order valence-electron chi connectivity index (χ4n) is 3.52. The molecule has 26 heavy (non-hydrogen) atoms. The van der Waals surface area contributed by atoms with Crippen molar-refractivity contribution in [2.75, 3.05) is 13.1 Å². The largest absolute Gasteiger partial charge is 0.342 e. The van der Waals surface area contributed by atoms with Crippen molar-refractivity contribution >= 4 is 23.3 Å². The van der Waals surface area contributed by atoms with Crippen LogP contribution in [0.2, 0.25) is 5.02 Å². The third-order valence-corrected chi connectivity index (χ3v) is 5.28. The fourth-order valence-corrected chi connectivity index (χ4v) is 3.65. The van der Waals surface area contributed by atoms with E-state index in [1.54, 1.807) is 24.3 Å². The first-order chi connectivity index (χ1) is 12.6. The molecule has 1 amide bonds. The van der Waals surface area contributed by atoms with Gasteiger partial charge in [0, 0.05) is 42.4 Å². The number of nitrogens with zero attached hydrogens (tertiary/aromatic N) is 1. The van der Waals surface area contributed by atoms with Crippen LogP contribution >= 0.6 is 11.6 Å². The van der Waals surface area contributed by atoms with Gasteiger partial charge in [0.2, 0.25) is 5.91 Å². The Hall–Kier alpha value is -2.13. The van der Waals surface area contributed by atoms with E-state index in [1.165, 1.54) is 5.56 Å². The second-order valence-corrected chi connectivity index (χ2v) is 7.31. The molecule has 3 rings (SSSR count). The van der Waals surface area contributed by atoms with Crippen LogP contribution in [0.4, 0.5) is 0 Å². The van der Waals surface area contributed by atoms with Crippen molar-refractivity contribution in [2.45, 2.75) is 38.0 Å². The Labute approximate surface area is 160 Å². The molecular weight excluding hydrogens is 346 g/mol. The van der Waals surface area contributed by atoms with Crippen molar-refractivity contribution in [1.82, 2.24) is 4.90 Å². The minimum absolute atomic E-state index is 0.00977. The van der Waals surface area contributed by atoms with Gasteiger partial charge in [-0.2, -0.15) is 0 Å². The average molecular weight is 370 g/mol.